The van der Waals surface area contributed by atoms with Gasteiger partial charge < -0.3 is 5.11 Å². The van der Waals surface area contributed by atoms with Crippen LogP contribution in [0.3, 0.4) is 0 Å². The minimum Gasteiger partial charge on any atom is -0.507 e. The summed E-state index contributed by atoms with van der Waals surface area (Å²) in [5.74, 6) is -1.31. The third kappa shape index (κ3) is 3.12. The zero-order valence-corrected chi connectivity index (χ0v) is 16.2. The summed E-state index contributed by atoms with van der Waals surface area (Å²) in [6.07, 6.45) is 1.56. The standard InChI is InChI=1S/C22H15BrN2O3/c23-16-11-9-14(10-12-16)19-18(20(26)15-6-2-1-3-7-15)21(27)22(28)25(19)17-8-4-5-13-24-17/h1-13,19,26H/b20-18+. The minimum atomic E-state index is -0.775. The smallest absolute Gasteiger partial charge is 0.301 e. The molecule has 1 amide bonds. The Bertz CT molecular complexity index is 1060. The van der Waals surface area contributed by atoms with Crippen molar-refractivity contribution in [3.8, 4) is 0 Å². The number of anilines is 1. The second-order valence-corrected chi connectivity index (χ2v) is 7.19. The van der Waals surface area contributed by atoms with E-state index in [0.717, 1.165) is 4.47 Å². The van der Waals surface area contributed by atoms with Crippen molar-refractivity contribution < 1.29 is 14.7 Å². The average molecular weight is 435 g/mol. The first kappa shape index (κ1) is 18.1. The van der Waals surface area contributed by atoms with E-state index in [9.17, 15) is 14.7 Å². The predicted octanol–water partition coefficient (Wildman–Crippen LogP) is 4.47. The lowest BCUT2D eigenvalue weighted by molar-refractivity contribution is -0.132. The zero-order valence-electron chi connectivity index (χ0n) is 14.6. The van der Waals surface area contributed by atoms with Gasteiger partial charge in [0.25, 0.3) is 5.78 Å². The molecule has 1 aliphatic rings. The molecule has 1 unspecified atom stereocenters. The highest BCUT2D eigenvalue weighted by Gasteiger charge is 2.47. The van der Waals surface area contributed by atoms with Crippen LogP contribution in [0.25, 0.3) is 5.76 Å². The average Bonchev–Trinajstić information content (AvgIpc) is 3.00. The highest BCUT2D eigenvalue weighted by Crippen LogP contribution is 2.41. The van der Waals surface area contributed by atoms with Crippen molar-refractivity contribution in [1.82, 2.24) is 4.98 Å². The summed E-state index contributed by atoms with van der Waals surface area (Å²) in [4.78, 5) is 31.4. The number of carbonyl (C=O) groups excluding carboxylic acids is 2. The number of ketones is 1. The third-order valence-corrected chi connectivity index (χ3v) is 5.10. The van der Waals surface area contributed by atoms with Gasteiger partial charge in [-0.05, 0) is 29.8 Å². The number of Topliss-reactive ketones (excluding diaryl/α,β-unsaturated/α-hetero) is 1. The first-order chi connectivity index (χ1) is 13.6. The molecule has 1 aliphatic heterocycles. The molecule has 1 saturated heterocycles. The topological polar surface area (TPSA) is 70.5 Å². The number of hydrogen-bond donors (Lipinski definition) is 1. The van der Waals surface area contributed by atoms with Gasteiger partial charge >= 0.3 is 5.91 Å². The van der Waals surface area contributed by atoms with Crippen LogP contribution in [0.5, 0.6) is 0 Å². The first-order valence-electron chi connectivity index (χ1n) is 8.61. The SMILES string of the molecule is O=C1C(=O)N(c2ccccn2)C(c2ccc(Br)cc2)/C1=C(\O)c1ccccc1. The summed E-state index contributed by atoms with van der Waals surface area (Å²) >= 11 is 3.40. The molecule has 0 bridgehead atoms. The van der Waals surface area contributed by atoms with Crippen molar-refractivity contribution >= 4 is 39.2 Å². The fourth-order valence-corrected chi connectivity index (χ4v) is 3.54. The lowest BCUT2D eigenvalue weighted by Crippen LogP contribution is -2.30. The maximum Gasteiger partial charge on any atom is 0.301 e. The number of amides is 1. The van der Waals surface area contributed by atoms with Crippen LogP contribution in [-0.4, -0.2) is 21.8 Å². The van der Waals surface area contributed by atoms with Gasteiger partial charge in [-0.15, -0.1) is 0 Å². The number of benzene rings is 2. The van der Waals surface area contributed by atoms with Crippen molar-refractivity contribution in [3.05, 3.63) is 100 Å². The van der Waals surface area contributed by atoms with Crippen molar-refractivity contribution in [2.75, 3.05) is 4.90 Å². The number of aliphatic hydroxyl groups excluding tert-OH is 1. The highest BCUT2D eigenvalue weighted by atomic mass is 79.9. The van der Waals surface area contributed by atoms with Crippen LogP contribution in [0.15, 0.2) is 89.0 Å². The van der Waals surface area contributed by atoms with Gasteiger partial charge in [-0.3, -0.25) is 14.5 Å². The van der Waals surface area contributed by atoms with E-state index in [-0.39, 0.29) is 11.3 Å². The second-order valence-electron chi connectivity index (χ2n) is 6.27. The molecular weight excluding hydrogens is 420 g/mol. The number of carbonyl (C=O) groups is 2. The Hall–Kier alpha value is -3.25. The Labute approximate surface area is 170 Å². The summed E-state index contributed by atoms with van der Waals surface area (Å²) in [6.45, 7) is 0. The van der Waals surface area contributed by atoms with Crippen LogP contribution in [0.1, 0.15) is 17.2 Å². The van der Waals surface area contributed by atoms with Crippen LogP contribution in [0, 0.1) is 0 Å². The molecule has 28 heavy (non-hydrogen) atoms. The third-order valence-electron chi connectivity index (χ3n) is 4.57. The Balaban J connectivity index is 1.95. The maximum absolute atomic E-state index is 12.9. The first-order valence-corrected chi connectivity index (χ1v) is 9.40. The van der Waals surface area contributed by atoms with E-state index in [1.807, 2.05) is 30.3 Å². The van der Waals surface area contributed by atoms with Crippen molar-refractivity contribution in [1.29, 1.82) is 0 Å². The van der Waals surface area contributed by atoms with E-state index in [1.54, 1.807) is 48.7 Å². The van der Waals surface area contributed by atoms with E-state index in [4.69, 9.17) is 0 Å². The van der Waals surface area contributed by atoms with E-state index in [0.29, 0.717) is 16.9 Å². The van der Waals surface area contributed by atoms with Gasteiger partial charge in [0.15, 0.2) is 0 Å². The molecule has 3 aromatic rings. The van der Waals surface area contributed by atoms with Gasteiger partial charge in [0.05, 0.1) is 11.6 Å². The number of halogens is 1. The quantitative estimate of drug-likeness (QED) is 0.375. The molecular formula is C22H15BrN2O3. The fraction of sp³-hybridized carbons (Fsp3) is 0.0455. The van der Waals surface area contributed by atoms with Gasteiger partial charge in [0.1, 0.15) is 11.6 Å². The van der Waals surface area contributed by atoms with Crippen LogP contribution >= 0.6 is 15.9 Å². The van der Waals surface area contributed by atoms with Crippen LogP contribution < -0.4 is 4.90 Å². The molecule has 0 radical (unpaired) electrons. The summed E-state index contributed by atoms with van der Waals surface area (Å²) in [7, 11) is 0. The Morgan fingerprint density at radius 1 is 0.929 bits per heavy atom. The monoisotopic (exact) mass is 434 g/mol. The van der Waals surface area contributed by atoms with Crippen molar-refractivity contribution in [2.45, 2.75) is 6.04 Å². The molecule has 6 heteroatoms. The summed E-state index contributed by atoms with van der Waals surface area (Å²) in [5.41, 5.74) is 1.22. The maximum atomic E-state index is 12.9. The second kappa shape index (κ2) is 7.40. The Morgan fingerprint density at radius 2 is 1.61 bits per heavy atom. The van der Waals surface area contributed by atoms with Crippen LogP contribution in [-0.2, 0) is 9.59 Å². The molecule has 2 aromatic carbocycles. The van der Waals surface area contributed by atoms with E-state index in [2.05, 4.69) is 20.9 Å². The summed E-state index contributed by atoms with van der Waals surface area (Å²) in [6, 6.07) is 20.4. The van der Waals surface area contributed by atoms with E-state index < -0.39 is 17.7 Å². The van der Waals surface area contributed by atoms with Gasteiger partial charge in [0.2, 0.25) is 0 Å². The molecule has 1 aromatic heterocycles. The zero-order chi connectivity index (χ0) is 19.7. The summed E-state index contributed by atoms with van der Waals surface area (Å²) in [5, 5.41) is 10.9. The van der Waals surface area contributed by atoms with E-state index in [1.165, 1.54) is 4.90 Å². The van der Waals surface area contributed by atoms with Gasteiger partial charge in [-0.2, -0.15) is 0 Å². The molecule has 1 fully saturated rings. The number of aliphatic hydroxyl groups is 1. The van der Waals surface area contributed by atoms with Crippen LogP contribution in [0.2, 0.25) is 0 Å². The normalized spacial score (nSPS) is 18.5. The predicted molar refractivity (Wildman–Crippen MR) is 110 cm³/mol. The van der Waals surface area contributed by atoms with Crippen molar-refractivity contribution in [3.63, 3.8) is 0 Å². The molecule has 0 spiro atoms. The largest absolute Gasteiger partial charge is 0.507 e. The molecule has 0 saturated carbocycles. The number of hydrogen-bond acceptors (Lipinski definition) is 4. The molecule has 4 rings (SSSR count). The number of pyridine rings is 1. The molecule has 1 N–H and O–H groups in total. The molecule has 5 nitrogen and oxygen atoms in total. The van der Waals surface area contributed by atoms with Crippen LogP contribution in [0.4, 0.5) is 5.82 Å². The van der Waals surface area contributed by atoms with Gasteiger partial charge in [0, 0.05) is 16.2 Å². The number of rotatable bonds is 3. The van der Waals surface area contributed by atoms with Gasteiger partial charge in [-0.1, -0.05) is 64.5 Å². The van der Waals surface area contributed by atoms with Crippen molar-refractivity contribution in [2.24, 2.45) is 0 Å². The molecule has 138 valence electrons. The minimum absolute atomic E-state index is 0.0455. The lowest BCUT2D eigenvalue weighted by Gasteiger charge is -2.24. The number of aromatic nitrogens is 1. The van der Waals surface area contributed by atoms with Gasteiger partial charge in [-0.25, -0.2) is 4.98 Å². The molecule has 2 heterocycles. The molecule has 0 aliphatic carbocycles. The Morgan fingerprint density at radius 3 is 2.25 bits per heavy atom. The molecule has 1 atom stereocenters. The van der Waals surface area contributed by atoms with E-state index >= 15 is 0 Å². The lowest BCUT2D eigenvalue weighted by atomic mass is 9.95. The Kier molecular flexibility index (Phi) is 4.79. The summed E-state index contributed by atoms with van der Waals surface area (Å²) < 4.78 is 0.870. The number of nitrogens with zero attached hydrogens (tertiary/aromatic N) is 2. The highest BCUT2D eigenvalue weighted by molar-refractivity contribution is 9.10. The fourth-order valence-electron chi connectivity index (χ4n) is 3.28.